The summed E-state index contributed by atoms with van der Waals surface area (Å²) in [6, 6.07) is 0. The second kappa shape index (κ2) is 5.83. The average Bonchev–Trinajstić information content (AvgIpc) is 2.29. The first kappa shape index (κ1) is 14.5. The first-order valence-electron chi connectivity index (χ1n) is 6.30. The molecule has 1 heterocycles. The minimum atomic E-state index is -0.522. The Morgan fingerprint density at radius 2 is 1.82 bits per heavy atom. The normalized spacial score (nSPS) is 22.1. The van der Waals surface area contributed by atoms with Crippen LogP contribution >= 0.6 is 0 Å². The van der Waals surface area contributed by atoms with E-state index in [-0.39, 0.29) is 11.4 Å². The number of ether oxygens (including phenoxy) is 3. The van der Waals surface area contributed by atoms with Crippen molar-refractivity contribution >= 4 is 5.97 Å². The highest BCUT2D eigenvalue weighted by Crippen LogP contribution is 2.29. The van der Waals surface area contributed by atoms with Crippen molar-refractivity contribution < 1.29 is 19.0 Å². The van der Waals surface area contributed by atoms with Crippen LogP contribution in [0.15, 0.2) is 0 Å². The molecule has 4 heteroatoms. The molecule has 0 spiro atoms. The number of carbonyl (C=O) groups is 1. The quantitative estimate of drug-likeness (QED) is 0.697. The van der Waals surface area contributed by atoms with Crippen molar-refractivity contribution in [2.75, 3.05) is 19.8 Å². The Morgan fingerprint density at radius 1 is 1.24 bits per heavy atom. The summed E-state index contributed by atoms with van der Waals surface area (Å²) in [4.78, 5) is 11.4. The molecule has 1 aliphatic heterocycles. The molecule has 1 saturated heterocycles. The van der Waals surface area contributed by atoms with Crippen LogP contribution < -0.4 is 0 Å². The smallest absolute Gasteiger partial charge is 0.305 e. The van der Waals surface area contributed by atoms with Gasteiger partial charge in [-0.1, -0.05) is 20.3 Å². The van der Waals surface area contributed by atoms with Gasteiger partial charge in [0.1, 0.15) is 6.61 Å². The zero-order chi connectivity index (χ0) is 12.9. The molecule has 0 bridgehead atoms. The van der Waals surface area contributed by atoms with Crippen LogP contribution in [0.4, 0.5) is 0 Å². The molecule has 0 atom stereocenters. The Hall–Kier alpha value is -0.610. The summed E-state index contributed by atoms with van der Waals surface area (Å²) in [6.07, 6.45) is 2.39. The second-order valence-corrected chi connectivity index (χ2v) is 5.55. The van der Waals surface area contributed by atoms with Crippen LogP contribution in [0, 0.1) is 5.41 Å². The third-order valence-electron chi connectivity index (χ3n) is 2.85. The Labute approximate surface area is 104 Å². The monoisotopic (exact) mass is 244 g/mol. The predicted octanol–water partition coefficient (Wildman–Crippen LogP) is 2.51. The van der Waals surface area contributed by atoms with E-state index in [0.29, 0.717) is 26.2 Å². The predicted molar refractivity (Wildman–Crippen MR) is 64.6 cm³/mol. The summed E-state index contributed by atoms with van der Waals surface area (Å²) in [5, 5.41) is 0. The van der Waals surface area contributed by atoms with E-state index in [1.807, 2.05) is 20.8 Å². The van der Waals surface area contributed by atoms with E-state index in [2.05, 4.69) is 6.92 Å². The maximum atomic E-state index is 11.4. The lowest BCUT2D eigenvalue weighted by atomic mass is 9.93. The van der Waals surface area contributed by atoms with Crippen LogP contribution in [0.3, 0.4) is 0 Å². The van der Waals surface area contributed by atoms with E-state index in [0.717, 1.165) is 12.8 Å². The van der Waals surface area contributed by atoms with E-state index in [9.17, 15) is 4.79 Å². The summed E-state index contributed by atoms with van der Waals surface area (Å²) in [7, 11) is 0. The number of esters is 1. The Kier molecular flexibility index (Phi) is 4.95. The lowest BCUT2D eigenvalue weighted by molar-refractivity contribution is -0.287. The number of rotatable bonds is 5. The van der Waals surface area contributed by atoms with Crippen molar-refractivity contribution in [2.24, 2.45) is 5.41 Å². The highest BCUT2D eigenvalue weighted by molar-refractivity contribution is 5.69. The molecule has 0 radical (unpaired) electrons. The van der Waals surface area contributed by atoms with Crippen molar-refractivity contribution in [3.8, 4) is 0 Å². The second-order valence-electron chi connectivity index (χ2n) is 5.55. The molecular weight excluding hydrogens is 220 g/mol. The SMILES string of the molecule is CCCCC(=O)OCC1(C)COC(C)(C)OC1. The summed E-state index contributed by atoms with van der Waals surface area (Å²) in [5.41, 5.74) is -0.225. The van der Waals surface area contributed by atoms with E-state index in [1.165, 1.54) is 0 Å². The summed E-state index contributed by atoms with van der Waals surface area (Å²) < 4.78 is 16.4. The van der Waals surface area contributed by atoms with E-state index < -0.39 is 5.79 Å². The van der Waals surface area contributed by atoms with Gasteiger partial charge in [0.15, 0.2) is 5.79 Å². The number of hydrogen-bond donors (Lipinski definition) is 0. The van der Waals surface area contributed by atoms with Crippen molar-refractivity contribution in [1.82, 2.24) is 0 Å². The van der Waals surface area contributed by atoms with Crippen LogP contribution in [0.1, 0.15) is 47.0 Å². The molecule has 1 fully saturated rings. The third kappa shape index (κ3) is 5.04. The van der Waals surface area contributed by atoms with Crippen LogP contribution in [0.5, 0.6) is 0 Å². The number of carbonyl (C=O) groups excluding carboxylic acids is 1. The molecule has 4 nitrogen and oxygen atoms in total. The minimum absolute atomic E-state index is 0.127. The molecule has 0 N–H and O–H groups in total. The highest BCUT2D eigenvalue weighted by atomic mass is 16.7. The van der Waals surface area contributed by atoms with Crippen LogP contribution in [-0.4, -0.2) is 31.6 Å². The molecule has 17 heavy (non-hydrogen) atoms. The van der Waals surface area contributed by atoms with Gasteiger partial charge in [0.05, 0.1) is 13.2 Å². The molecule has 0 unspecified atom stereocenters. The van der Waals surface area contributed by atoms with Gasteiger partial charge in [-0.25, -0.2) is 0 Å². The molecule has 1 aliphatic rings. The van der Waals surface area contributed by atoms with Gasteiger partial charge in [-0.15, -0.1) is 0 Å². The van der Waals surface area contributed by atoms with E-state index >= 15 is 0 Å². The maximum Gasteiger partial charge on any atom is 0.305 e. The number of unbranched alkanes of at least 4 members (excludes halogenated alkanes) is 1. The standard InChI is InChI=1S/C13H24O4/c1-5-6-7-11(14)15-8-13(4)9-16-12(2,3)17-10-13/h5-10H2,1-4H3. The molecule has 0 saturated carbocycles. The van der Waals surface area contributed by atoms with E-state index in [1.54, 1.807) is 0 Å². The maximum absolute atomic E-state index is 11.4. The number of hydrogen-bond acceptors (Lipinski definition) is 4. The van der Waals surface area contributed by atoms with Gasteiger partial charge in [-0.05, 0) is 20.3 Å². The molecule has 0 aromatic heterocycles. The molecule has 1 rings (SSSR count). The summed E-state index contributed by atoms with van der Waals surface area (Å²) in [6.45, 7) is 9.32. The van der Waals surface area contributed by atoms with E-state index in [4.69, 9.17) is 14.2 Å². The van der Waals surface area contributed by atoms with Crippen LogP contribution in [-0.2, 0) is 19.0 Å². The van der Waals surface area contributed by atoms with Gasteiger partial charge < -0.3 is 14.2 Å². The molecule has 0 aliphatic carbocycles. The molecule has 0 amide bonds. The van der Waals surface area contributed by atoms with Gasteiger partial charge in [0, 0.05) is 11.8 Å². The van der Waals surface area contributed by atoms with Crippen LogP contribution in [0.25, 0.3) is 0 Å². The largest absolute Gasteiger partial charge is 0.465 e. The van der Waals surface area contributed by atoms with Gasteiger partial charge >= 0.3 is 5.97 Å². The molecule has 0 aromatic rings. The molecular formula is C13H24O4. The first-order valence-corrected chi connectivity index (χ1v) is 6.30. The zero-order valence-corrected chi connectivity index (χ0v) is 11.4. The zero-order valence-electron chi connectivity index (χ0n) is 11.4. The third-order valence-corrected chi connectivity index (χ3v) is 2.85. The average molecular weight is 244 g/mol. The first-order chi connectivity index (χ1) is 7.87. The minimum Gasteiger partial charge on any atom is -0.465 e. The Balaban J connectivity index is 2.29. The topological polar surface area (TPSA) is 44.8 Å². The lowest BCUT2D eigenvalue weighted by Gasteiger charge is -2.40. The van der Waals surface area contributed by atoms with Crippen molar-refractivity contribution in [2.45, 2.75) is 52.7 Å². The Bertz CT molecular complexity index is 250. The van der Waals surface area contributed by atoms with Gasteiger partial charge in [0.2, 0.25) is 0 Å². The van der Waals surface area contributed by atoms with Crippen molar-refractivity contribution in [3.63, 3.8) is 0 Å². The van der Waals surface area contributed by atoms with Gasteiger partial charge in [0.25, 0.3) is 0 Å². The fraction of sp³-hybridized carbons (Fsp3) is 0.923. The van der Waals surface area contributed by atoms with Crippen molar-refractivity contribution in [1.29, 1.82) is 0 Å². The molecule has 100 valence electrons. The van der Waals surface area contributed by atoms with Crippen molar-refractivity contribution in [3.05, 3.63) is 0 Å². The Morgan fingerprint density at radius 3 is 2.35 bits per heavy atom. The highest BCUT2D eigenvalue weighted by Gasteiger charge is 2.37. The van der Waals surface area contributed by atoms with Gasteiger partial charge in [-0.2, -0.15) is 0 Å². The fourth-order valence-corrected chi connectivity index (χ4v) is 1.51. The lowest BCUT2D eigenvalue weighted by Crippen LogP contribution is -2.47. The van der Waals surface area contributed by atoms with Gasteiger partial charge in [-0.3, -0.25) is 4.79 Å². The fourth-order valence-electron chi connectivity index (χ4n) is 1.51. The summed E-state index contributed by atoms with van der Waals surface area (Å²) >= 11 is 0. The summed E-state index contributed by atoms with van der Waals surface area (Å²) in [5.74, 6) is -0.649. The van der Waals surface area contributed by atoms with Crippen LogP contribution in [0.2, 0.25) is 0 Å². The molecule has 0 aromatic carbocycles.